The number of amides is 1. The summed E-state index contributed by atoms with van der Waals surface area (Å²) >= 11 is 1.31. The zero-order valence-corrected chi connectivity index (χ0v) is 15.4. The fraction of sp³-hybridized carbons (Fsp3) is 0.500. The fourth-order valence-corrected chi connectivity index (χ4v) is 3.60. The van der Waals surface area contributed by atoms with Gasteiger partial charge in [-0.15, -0.1) is 10.2 Å². The second kappa shape index (κ2) is 8.38. The van der Waals surface area contributed by atoms with Gasteiger partial charge >= 0.3 is 0 Å². The van der Waals surface area contributed by atoms with Crippen LogP contribution in [-0.2, 0) is 11.2 Å². The third kappa shape index (κ3) is 4.98. The van der Waals surface area contributed by atoms with Crippen molar-refractivity contribution < 1.29 is 13.9 Å². The highest BCUT2D eigenvalue weighted by Gasteiger charge is 2.21. The number of methoxy groups -OCH3 is 1. The Morgan fingerprint density at radius 1 is 1.36 bits per heavy atom. The summed E-state index contributed by atoms with van der Waals surface area (Å²) in [7, 11) is 1.64. The van der Waals surface area contributed by atoms with Crippen molar-refractivity contribution in [3.8, 4) is 5.75 Å². The number of carbonyl (C=O) groups is 1. The van der Waals surface area contributed by atoms with Gasteiger partial charge in [-0.1, -0.05) is 30.8 Å². The fourth-order valence-electron chi connectivity index (χ4n) is 2.92. The number of thioether (sulfide) groups is 1. The number of hydrogen-bond donors (Lipinski definition) is 0. The normalized spacial score (nSPS) is 17.5. The summed E-state index contributed by atoms with van der Waals surface area (Å²) < 4.78 is 10.8. The maximum absolute atomic E-state index is 12.3. The molecular weight excluding hydrogens is 338 g/mol. The molecule has 1 aliphatic rings. The van der Waals surface area contributed by atoms with E-state index in [1.165, 1.54) is 18.2 Å². The first-order chi connectivity index (χ1) is 12.1. The predicted octanol–water partition coefficient (Wildman–Crippen LogP) is 3.02. The van der Waals surface area contributed by atoms with Crippen molar-refractivity contribution in [2.75, 3.05) is 26.0 Å². The Morgan fingerprint density at radius 3 is 2.88 bits per heavy atom. The number of nitrogens with zero attached hydrogens (tertiary/aromatic N) is 3. The van der Waals surface area contributed by atoms with Gasteiger partial charge in [0.15, 0.2) is 0 Å². The lowest BCUT2D eigenvalue weighted by molar-refractivity contribution is -0.130. The standard InChI is InChI=1S/C18H23N3O3S/c1-13-4-3-9-21(11-13)17(22)12-25-18-20-19-16(24-18)10-14-5-7-15(23-2)8-6-14/h5-8,13H,3-4,9-12H2,1-2H3/t13-/m0/s1. The smallest absolute Gasteiger partial charge is 0.277 e. The first kappa shape index (κ1) is 17.8. The number of benzene rings is 1. The van der Waals surface area contributed by atoms with Gasteiger partial charge in [0.25, 0.3) is 5.22 Å². The zero-order valence-electron chi connectivity index (χ0n) is 14.6. The molecule has 0 bridgehead atoms. The summed E-state index contributed by atoms with van der Waals surface area (Å²) in [6, 6.07) is 7.74. The average molecular weight is 361 g/mol. The van der Waals surface area contributed by atoms with Gasteiger partial charge in [-0.05, 0) is 36.5 Å². The van der Waals surface area contributed by atoms with Crippen LogP contribution in [0.15, 0.2) is 33.9 Å². The molecule has 134 valence electrons. The van der Waals surface area contributed by atoms with E-state index in [0.29, 0.717) is 29.2 Å². The third-order valence-electron chi connectivity index (χ3n) is 4.29. The van der Waals surface area contributed by atoms with E-state index in [-0.39, 0.29) is 5.91 Å². The van der Waals surface area contributed by atoms with Crippen molar-refractivity contribution in [3.05, 3.63) is 35.7 Å². The Balaban J connectivity index is 1.50. The van der Waals surface area contributed by atoms with Gasteiger partial charge in [0, 0.05) is 13.1 Å². The average Bonchev–Trinajstić information content (AvgIpc) is 3.08. The summed E-state index contributed by atoms with van der Waals surface area (Å²) in [6.07, 6.45) is 2.86. The van der Waals surface area contributed by atoms with Crippen LogP contribution in [0.1, 0.15) is 31.2 Å². The molecule has 2 aromatic rings. The highest BCUT2D eigenvalue weighted by molar-refractivity contribution is 7.99. The summed E-state index contributed by atoms with van der Waals surface area (Å²) in [5, 5.41) is 8.54. The van der Waals surface area contributed by atoms with Crippen LogP contribution in [0.3, 0.4) is 0 Å². The minimum Gasteiger partial charge on any atom is -0.497 e. The van der Waals surface area contributed by atoms with Crippen molar-refractivity contribution in [2.24, 2.45) is 5.92 Å². The van der Waals surface area contributed by atoms with Crippen LogP contribution in [0, 0.1) is 5.92 Å². The molecule has 3 rings (SSSR count). The molecule has 7 heteroatoms. The molecule has 2 heterocycles. The summed E-state index contributed by atoms with van der Waals surface area (Å²) in [6.45, 7) is 3.90. The third-order valence-corrected chi connectivity index (χ3v) is 5.09. The molecule has 0 spiro atoms. The van der Waals surface area contributed by atoms with E-state index < -0.39 is 0 Å². The van der Waals surface area contributed by atoms with Crippen LogP contribution < -0.4 is 4.74 Å². The lowest BCUT2D eigenvalue weighted by atomic mass is 10.0. The molecule has 0 aliphatic carbocycles. The number of ether oxygens (including phenoxy) is 1. The number of piperidine rings is 1. The molecule has 1 amide bonds. The largest absolute Gasteiger partial charge is 0.497 e. The second-order valence-corrected chi connectivity index (χ2v) is 7.29. The topological polar surface area (TPSA) is 68.5 Å². The van der Waals surface area contributed by atoms with Crippen molar-refractivity contribution in [3.63, 3.8) is 0 Å². The van der Waals surface area contributed by atoms with Crippen molar-refractivity contribution >= 4 is 17.7 Å². The second-order valence-electron chi connectivity index (χ2n) is 6.36. The summed E-state index contributed by atoms with van der Waals surface area (Å²) in [5.74, 6) is 2.44. The first-order valence-corrected chi connectivity index (χ1v) is 9.48. The molecular formula is C18H23N3O3S. The number of rotatable bonds is 6. The minimum atomic E-state index is 0.145. The van der Waals surface area contributed by atoms with Crippen LogP contribution in [-0.4, -0.2) is 47.0 Å². The monoisotopic (exact) mass is 361 g/mol. The van der Waals surface area contributed by atoms with Crippen molar-refractivity contribution in [2.45, 2.75) is 31.4 Å². The molecule has 1 aromatic carbocycles. The van der Waals surface area contributed by atoms with Gasteiger partial charge in [-0.25, -0.2) is 0 Å². The molecule has 1 atom stereocenters. The van der Waals surface area contributed by atoms with E-state index in [1.54, 1.807) is 7.11 Å². The number of carbonyl (C=O) groups excluding carboxylic acids is 1. The zero-order chi connectivity index (χ0) is 17.6. The Labute approximate surface area is 151 Å². The molecule has 0 N–H and O–H groups in total. The molecule has 1 aliphatic heterocycles. The number of aromatic nitrogens is 2. The van der Waals surface area contributed by atoms with E-state index in [1.807, 2.05) is 29.2 Å². The molecule has 0 unspecified atom stereocenters. The molecule has 6 nitrogen and oxygen atoms in total. The quantitative estimate of drug-likeness (QED) is 0.737. The van der Waals surface area contributed by atoms with E-state index in [2.05, 4.69) is 17.1 Å². The Bertz CT molecular complexity index is 702. The molecule has 25 heavy (non-hydrogen) atoms. The van der Waals surface area contributed by atoms with E-state index in [9.17, 15) is 4.79 Å². The first-order valence-electron chi connectivity index (χ1n) is 8.50. The van der Waals surface area contributed by atoms with Crippen molar-refractivity contribution in [1.82, 2.24) is 15.1 Å². The van der Waals surface area contributed by atoms with Crippen LogP contribution in [0.4, 0.5) is 0 Å². The highest BCUT2D eigenvalue weighted by Crippen LogP contribution is 2.21. The predicted molar refractivity (Wildman–Crippen MR) is 95.8 cm³/mol. The SMILES string of the molecule is COc1ccc(Cc2nnc(SCC(=O)N3CCC[C@H](C)C3)o2)cc1. The maximum Gasteiger partial charge on any atom is 0.277 e. The lowest BCUT2D eigenvalue weighted by Gasteiger charge is -2.30. The molecule has 0 saturated carbocycles. The Kier molecular flexibility index (Phi) is 5.96. The Morgan fingerprint density at radius 2 is 2.16 bits per heavy atom. The number of likely N-dealkylation sites (tertiary alicyclic amines) is 1. The van der Waals surface area contributed by atoms with Gasteiger partial charge in [-0.2, -0.15) is 0 Å². The van der Waals surface area contributed by atoms with Crippen LogP contribution in [0.25, 0.3) is 0 Å². The van der Waals surface area contributed by atoms with E-state index in [0.717, 1.165) is 30.8 Å². The Hall–Kier alpha value is -2.02. The summed E-state index contributed by atoms with van der Waals surface area (Å²) in [5.41, 5.74) is 1.07. The van der Waals surface area contributed by atoms with E-state index in [4.69, 9.17) is 9.15 Å². The molecule has 1 aromatic heterocycles. The molecule has 0 radical (unpaired) electrons. The van der Waals surface area contributed by atoms with Gasteiger partial charge in [0.1, 0.15) is 5.75 Å². The van der Waals surface area contributed by atoms with Crippen LogP contribution >= 0.6 is 11.8 Å². The van der Waals surface area contributed by atoms with E-state index >= 15 is 0 Å². The number of hydrogen-bond acceptors (Lipinski definition) is 6. The van der Waals surface area contributed by atoms with Crippen molar-refractivity contribution in [1.29, 1.82) is 0 Å². The lowest BCUT2D eigenvalue weighted by Crippen LogP contribution is -2.40. The summed E-state index contributed by atoms with van der Waals surface area (Å²) in [4.78, 5) is 14.2. The van der Waals surface area contributed by atoms with Crippen LogP contribution in [0.2, 0.25) is 0 Å². The van der Waals surface area contributed by atoms with Gasteiger partial charge in [-0.3, -0.25) is 4.79 Å². The van der Waals surface area contributed by atoms with Gasteiger partial charge in [0.2, 0.25) is 11.8 Å². The molecule has 1 fully saturated rings. The minimum absolute atomic E-state index is 0.145. The molecule has 1 saturated heterocycles. The van der Waals surface area contributed by atoms with Crippen LogP contribution in [0.5, 0.6) is 5.75 Å². The van der Waals surface area contributed by atoms with Gasteiger partial charge < -0.3 is 14.1 Å². The highest BCUT2D eigenvalue weighted by atomic mass is 32.2. The van der Waals surface area contributed by atoms with Gasteiger partial charge in [0.05, 0.1) is 19.3 Å². The maximum atomic E-state index is 12.3.